The second-order valence-corrected chi connectivity index (χ2v) is 5.57. The molecule has 0 aromatic carbocycles. The minimum atomic E-state index is 0.0408. The lowest BCUT2D eigenvalue weighted by Crippen LogP contribution is -2.37. The fraction of sp³-hybridized carbons (Fsp3) is 0.733. The molecule has 2 rings (SSSR count). The van der Waals surface area contributed by atoms with Gasteiger partial charge in [0.15, 0.2) is 0 Å². The zero-order valence-corrected chi connectivity index (χ0v) is 12.8. The van der Waals surface area contributed by atoms with Crippen LogP contribution in [0, 0.1) is 6.92 Å². The van der Waals surface area contributed by atoms with Crippen molar-refractivity contribution in [2.24, 2.45) is 0 Å². The van der Waals surface area contributed by atoms with Gasteiger partial charge >= 0.3 is 0 Å². The van der Waals surface area contributed by atoms with Gasteiger partial charge < -0.3 is 9.64 Å². The van der Waals surface area contributed by atoms with E-state index in [1.807, 2.05) is 24.9 Å². The predicted octanol–water partition coefficient (Wildman–Crippen LogP) is 2.24. The van der Waals surface area contributed by atoms with Gasteiger partial charge in [0.1, 0.15) is 0 Å². The molecule has 112 valence electrons. The summed E-state index contributed by atoms with van der Waals surface area (Å²) in [4.78, 5) is 14.2. The lowest BCUT2D eigenvalue weighted by molar-refractivity contribution is -0.000204. The molecule has 0 aliphatic carbocycles. The molecule has 1 saturated heterocycles. The first kappa shape index (κ1) is 15.0. The molecule has 0 unspecified atom stereocenters. The van der Waals surface area contributed by atoms with Crippen LogP contribution < -0.4 is 0 Å². The number of hydrogen-bond acceptors (Lipinski definition) is 3. The summed E-state index contributed by atoms with van der Waals surface area (Å²) in [5.41, 5.74) is 1.51. The summed E-state index contributed by atoms with van der Waals surface area (Å²) in [5.74, 6) is 0.0408. The SMILES string of the molecule is CCCn1cc(C(=O)N(C)C[C@@H]2CCCCO2)c(C)n1. The molecule has 1 aromatic rings. The number of hydrogen-bond donors (Lipinski definition) is 0. The Hall–Kier alpha value is -1.36. The maximum absolute atomic E-state index is 12.5. The lowest BCUT2D eigenvalue weighted by atomic mass is 10.1. The Morgan fingerprint density at radius 1 is 1.55 bits per heavy atom. The van der Waals surface area contributed by atoms with Crippen molar-refractivity contribution in [3.63, 3.8) is 0 Å². The number of aromatic nitrogens is 2. The molecule has 1 fully saturated rings. The van der Waals surface area contributed by atoms with Crippen LogP contribution in [-0.4, -0.2) is 46.9 Å². The van der Waals surface area contributed by atoms with Crippen molar-refractivity contribution >= 4 is 5.91 Å². The van der Waals surface area contributed by atoms with Crippen LogP contribution >= 0.6 is 0 Å². The van der Waals surface area contributed by atoms with E-state index in [2.05, 4.69) is 12.0 Å². The number of rotatable bonds is 5. The molecule has 20 heavy (non-hydrogen) atoms. The highest BCUT2D eigenvalue weighted by molar-refractivity contribution is 5.94. The van der Waals surface area contributed by atoms with Gasteiger partial charge in [-0.1, -0.05) is 6.92 Å². The Bertz CT molecular complexity index is 450. The summed E-state index contributed by atoms with van der Waals surface area (Å²) < 4.78 is 7.55. The summed E-state index contributed by atoms with van der Waals surface area (Å²) in [6.07, 6.45) is 6.44. The third kappa shape index (κ3) is 3.60. The number of nitrogens with zero attached hydrogens (tertiary/aromatic N) is 3. The van der Waals surface area contributed by atoms with Crippen molar-refractivity contribution in [2.45, 2.75) is 52.2 Å². The molecule has 0 radical (unpaired) electrons. The van der Waals surface area contributed by atoms with Gasteiger partial charge in [-0.2, -0.15) is 5.10 Å². The molecule has 5 nitrogen and oxygen atoms in total. The average Bonchev–Trinajstić information content (AvgIpc) is 2.80. The Kier molecular flexibility index (Phi) is 5.17. The van der Waals surface area contributed by atoms with Crippen LogP contribution in [0.4, 0.5) is 0 Å². The van der Waals surface area contributed by atoms with Crippen LogP contribution in [0.1, 0.15) is 48.7 Å². The van der Waals surface area contributed by atoms with Crippen LogP contribution in [0.2, 0.25) is 0 Å². The minimum Gasteiger partial charge on any atom is -0.376 e. The normalized spacial score (nSPS) is 19.1. The molecule has 1 amide bonds. The zero-order chi connectivity index (χ0) is 14.5. The fourth-order valence-corrected chi connectivity index (χ4v) is 2.62. The van der Waals surface area contributed by atoms with Crippen molar-refractivity contribution in [2.75, 3.05) is 20.2 Å². The van der Waals surface area contributed by atoms with Crippen molar-refractivity contribution in [3.8, 4) is 0 Å². The van der Waals surface area contributed by atoms with Gasteiger partial charge in [-0.05, 0) is 32.6 Å². The monoisotopic (exact) mass is 279 g/mol. The number of aryl methyl sites for hydroxylation is 2. The van der Waals surface area contributed by atoms with Gasteiger partial charge in [-0.25, -0.2) is 0 Å². The maximum atomic E-state index is 12.5. The third-order valence-electron chi connectivity index (χ3n) is 3.73. The molecule has 0 bridgehead atoms. The first-order valence-electron chi connectivity index (χ1n) is 7.53. The van der Waals surface area contributed by atoms with Crippen molar-refractivity contribution < 1.29 is 9.53 Å². The summed E-state index contributed by atoms with van der Waals surface area (Å²) in [6.45, 7) is 6.33. The molecular weight excluding hydrogens is 254 g/mol. The predicted molar refractivity (Wildman–Crippen MR) is 77.8 cm³/mol. The van der Waals surface area contributed by atoms with Crippen LogP contribution in [0.15, 0.2) is 6.20 Å². The Morgan fingerprint density at radius 3 is 3.00 bits per heavy atom. The van der Waals surface area contributed by atoms with Crippen molar-refractivity contribution in [1.82, 2.24) is 14.7 Å². The standard InChI is InChI=1S/C15H25N3O2/c1-4-8-18-11-14(12(2)16-18)15(19)17(3)10-13-7-5-6-9-20-13/h11,13H,4-10H2,1-3H3/t13-/m0/s1. The summed E-state index contributed by atoms with van der Waals surface area (Å²) in [5, 5.41) is 4.39. The Morgan fingerprint density at radius 2 is 2.35 bits per heavy atom. The smallest absolute Gasteiger partial charge is 0.257 e. The minimum absolute atomic E-state index is 0.0408. The molecule has 0 saturated carbocycles. The average molecular weight is 279 g/mol. The highest BCUT2D eigenvalue weighted by Gasteiger charge is 2.22. The van der Waals surface area contributed by atoms with E-state index in [9.17, 15) is 4.79 Å². The van der Waals surface area contributed by atoms with Gasteiger partial charge in [0, 0.05) is 32.9 Å². The second kappa shape index (κ2) is 6.88. The van der Waals surface area contributed by atoms with Crippen LogP contribution in [0.25, 0.3) is 0 Å². The molecule has 1 atom stereocenters. The number of ether oxygens (including phenoxy) is 1. The molecule has 1 aliphatic heterocycles. The van der Waals surface area contributed by atoms with Crippen molar-refractivity contribution in [3.05, 3.63) is 17.5 Å². The van der Waals surface area contributed by atoms with Gasteiger partial charge in [0.2, 0.25) is 0 Å². The van der Waals surface area contributed by atoms with Crippen molar-refractivity contribution in [1.29, 1.82) is 0 Å². The fourth-order valence-electron chi connectivity index (χ4n) is 2.62. The van der Waals surface area contributed by atoms with E-state index in [4.69, 9.17) is 4.74 Å². The third-order valence-corrected chi connectivity index (χ3v) is 3.73. The molecular formula is C15H25N3O2. The van der Waals surface area contributed by atoms with Gasteiger partial charge in [0.25, 0.3) is 5.91 Å². The van der Waals surface area contributed by atoms with E-state index in [1.54, 1.807) is 4.90 Å². The number of likely N-dealkylation sites (N-methyl/N-ethyl adjacent to an activating group) is 1. The molecule has 1 aliphatic rings. The zero-order valence-electron chi connectivity index (χ0n) is 12.8. The summed E-state index contributed by atoms with van der Waals surface area (Å²) >= 11 is 0. The van der Waals surface area contributed by atoms with Gasteiger partial charge in [-0.15, -0.1) is 0 Å². The number of carbonyl (C=O) groups is 1. The first-order valence-corrected chi connectivity index (χ1v) is 7.53. The maximum Gasteiger partial charge on any atom is 0.257 e. The number of carbonyl (C=O) groups excluding carboxylic acids is 1. The molecule has 0 spiro atoms. The number of amides is 1. The highest BCUT2D eigenvalue weighted by atomic mass is 16.5. The topological polar surface area (TPSA) is 47.4 Å². The van der Waals surface area contributed by atoms with E-state index in [0.717, 1.165) is 38.1 Å². The van der Waals surface area contributed by atoms with Gasteiger partial charge in [-0.3, -0.25) is 9.48 Å². The molecule has 0 N–H and O–H groups in total. The second-order valence-electron chi connectivity index (χ2n) is 5.57. The quantitative estimate of drug-likeness (QED) is 0.830. The van der Waals surface area contributed by atoms with Crippen LogP contribution in [-0.2, 0) is 11.3 Å². The molecule has 2 heterocycles. The highest BCUT2D eigenvalue weighted by Crippen LogP contribution is 2.15. The van der Waals surface area contributed by atoms with E-state index in [-0.39, 0.29) is 12.0 Å². The first-order chi connectivity index (χ1) is 9.61. The van der Waals surface area contributed by atoms with Crippen LogP contribution in [0.3, 0.4) is 0 Å². The summed E-state index contributed by atoms with van der Waals surface area (Å²) in [7, 11) is 1.84. The van der Waals surface area contributed by atoms with Crippen LogP contribution in [0.5, 0.6) is 0 Å². The Balaban J connectivity index is 1.98. The van der Waals surface area contributed by atoms with E-state index in [1.165, 1.54) is 6.42 Å². The largest absolute Gasteiger partial charge is 0.376 e. The summed E-state index contributed by atoms with van der Waals surface area (Å²) in [6, 6.07) is 0. The van der Waals surface area contributed by atoms with E-state index >= 15 is 0 Å². The Labute approximate surface area is 120 Å². The molecule has 5 heteroatoms. The lowest BCUT2D eigenvalue weighted by Gasteiger charge is -2.27. The molecule has 1 aromatic heterocycles. The van der Waals surface area contributed by atoms with Gasteiger partial charge in [0.05, 0.1) is 17.4 Å². The van der Waals surface area contributed by atoms with E-state index in [0.29, 0.717) is 12.1 Å². The van der Waals surface area contributed by atoms with E-state index < -0.39 is 0 Å².